The van der Waals surface area contributed by atoms with Gasteiger partial charge >= 0.3 is 6.85 Å². The van der Waals surface area contributed by atoms with Gasteiger partial charge < -0.3 is 18.5 Å². The molecule has 0 unspecified atom stereocenters. The van der Waals surface area contributed by atoms with Gasteiger partial charge in [-0.15, -0.1) is 0 Å². The highest BCUT2D eigenvalue weighted by Gasteiger charge is 2.52. The van der Waals surface area contributed by atoms with Crippen LogP contribution in [-0.2, 0) is 10.8 Å². The fraction of sp³-hybridized carbons (Fsp3) is 0.127. The van der Waals surface area contributed by atoms with Crippen LogP contribution in [0.4, 0.5) is 28.4 Å². The van der Waals surface area contributed by atoms with Crippen molar-refractivity contribution in [2.75, 3.05) is 9.71 Å². The van der Waals surface area contributed by atoms with E-state index >= 15 is 0 Å². The molecule has 4 nitrogen and oxygen atoms in total. The summed E-state index contributed by atoms with van der Waals surface area (Å²) in [5.74, 6) is 0. The zero-order valence-electron chi connectivity index (χ0n) is 34.3. The van der Waals surface area contributed by atoms with Crippen LogP contribution in [0.3, 0.4) is 0 Å². The van der Waals surface area contributed by atoms with E-state index in [9.17, 15) is 0 Å². The lowest BCUT2D eigenvalue weighted by atomic mass is 9.42. The number of para-hydroxylation sites is 4. The van der Waals surface area contributed by atoms with E-state index in [1.54, 1.807) is 0 Å². The van der Waals surface area contributed by atoms with Crippen LogP contribution in [0.5, 0.6) is 0 Å². The van der Waals surface area contributed by atoms with Crippen molar-refractivity contribution in [3.63, 3.8) is 0 Å². The molecule has 5 heterocycles. The molecular weight excluding hydrogens is 731 g/mol. The monoisotopic (exact) mass is 772 g/mol. The second-order valence-corrected chi connectivity index (χ2v) is 18.4. The molecule has 10 aromatic rings. The molecule has 286 valence electrons. The number of anilines is 5. The van der Waals surface area contributed by atoms with Gasteiger partial charge in [0.25, 0.3) is 0 Å². The first-order valence-electron chi connectivity index (χ1n) is 21.1. The van der Waals surface area contributed by atoms with Gasteiger partial charge in [-0.05, 0) is 81.2 Å². The average molecular weight is 773 g/mol. The average Bonchev–Trinajstić information content (AvgIpc) is 3.84. The van der Waals surface area contributed by atoms with Crippen LogP contribution < -0.4 is 20.6 Å². The maximum absolute atomic E-state index is 7.15. The molecule has 0 amide bonds. The summed E-state index contributed by atoms with van der Waals surface area (Å²) in [5.41, 5.74) is 20.3. The topological polar surface area (TPSA) is 32.8 Å². The molecule has 0 aliphatic carbocycles. The molecule has 60 heavy (non-hydrogen) atoms. The Kier molecular flexibility index (Phi) is 6.57. The Morgan fingerprint density at radius 3 is 2.03 bits per heavy atom. The first-order valence-corrected chi connectivity index (χ1v) is 21.1. The normalized spacial score (nSPS) is 14.8. The Labute approximate surface area is 349 Å². The van der Waals surface area contributed by atoms with Gasteiger partial charge in [0, 0.05) is 72.4 Å². The summed E-state index contributed by atoms with van der Waals surface area (Å²) >= 11 is 0. The van der Waals surface area contributed by atoms with E-state index in [4.69, 9.17) is 8.83 Å². The molecule has 0 bridgehead atoms. The minimum absolute atomic E-state index is 0.0450. The van der Waals surface area contributed by atoms with E-state index in [1.807, 2.05) is 0 Å². The fourth-order valence-electron chi connectivity index (χ4n) is 11.0. The summed E-state index contributed by atoms with van der Waals surface area (Å²) in [7, 11) is 0. The van der Waals surface area contributed by atoms with Crippen molar-refractivity contribution in [2.24, 2.45) is 0 Å². The molecule has 3 aliphatic heterocycles. The van der Waals surface area contributed by atoms with Crippen LogP contribution in [0.15, 0.2) is 167 Å². The quantitative estimate of drug-likeness (QED) is 0.164. The van der Waals surface area contributed by atoms with Crippen molar-refractivity contribution >= 4 is 90.1 Å². The predicted molar refractivity (Wildman–Crippen MR) is 251 cm³/mol. The summed E-state index contributed by atoms with van der Waals surface area (Å²) in [6.45, 7) is 11.4. The second kappa shape index (κ2) is 11.6. The van der Waals surface area contributed by atoms with E-state index in [-0.39, 0.29) is 17.7 Å². The maximum Gasteiger partial charge on any atom is 0.337 e. The highest BCUT2D eigenvalue weighted by Crippen LogP contribution is 2.58. The number of rotatable bonds is 2. The largest absolute Gasteiger partial charge is 0.456 e. The Hall–Kier alpha value is -6.98. The Morgan fingerprint density at radius 2 is 1.22 bits per heavy atom. The molecule has 0 spiro atoms. The maximum atomic E-state index is 7.15. The Morgan fingerprint density at radius 1 is 0.517 bits per heavy atom. The van der Waals surface area contributed by atoms with Crippen molar-refractivity contribution in [1.29, 1.82) is 0 Å². The van der Waals surface area contributed by atoms with Gasteiger partial charge in [0.1, 0.15) is 22.3 Å². The number of fused-ring (bicyclic) bond motifs is 14. The standard InChI is InChI=1S/C55H41BN2O2/c1-54(2,3)33-26-28-41(38(30-33)32-16-7-6-8-17-32)57-43-29-27-35-34-18-9-13-24-45(34)60-53(35)51(43)56-50-44(57)31-47-48(36-19-10-14-25-46(36)59-47)49(50)37-20-15-22-40-52(37)58(56)42-23-12-11-21-39(42)55(40,4)5/h6-31H,1-5H3. The number of hydrogen-bond donors (Lipinski definition) is 0. The van der Waals surface area contributed by atoms with E-state index < -0.39 is 0 Å². The van der Waals surface area contributed by atoms with Crippen LogP contribution >= 0.6 is 0 Å². The number of hydrogen-bond acceptors (Lipinski definition) is 4. The minimum Gasteiger partial charge on any atom is -0.456 e. The molecule has 0 N–H and O–H groups in total. The van der Waals surface area contributed by atoms with E-state index in [2.05, 4.69) is 202 Å². The Balaban J connectivity index is 1.26. The molecule has 0 fully saturated rings. The predicted octanol–water partition coefficient (Wildman–Crippen LogP) is 13.8. The Bertz CT molecular complexity index is 3480. The molecule has 8 aromatic carbocycles. The van der Waals surface area contributed by atoms with Crippen molar-refractivity contribution in [2.45, 2.75) is 45.4 Å². The fourth-order valence-corrected chi connectivity index (χ4v) is 11.0. The number of furan rings is 2. The highest BCUT2D eigenvalue weighted by atomic mass is 16.3. The highest BCUT2D eigenvalue weighted by molar-refractivity contribution is 6.95. The van der Waals surface area contributed by atoms with Gasteiger partial charge in [0.15, 0.2) is 0 Å². The number of benzene rings is 8. The lowest BCUT2D eigenvalue weighted by molar-refractivity contribution is 0.590. The van der Waals surface area contributed by atoms with Crippen molar-refractivity contribution in [3.8, 4) is 22.3 Å². The lowest BCUT2D eigenvalue weighted by Crippen LogP contribution is -2.63. The van der Waals surface area contributed by atoms with Gasteiger partial charge in [0.2, 0.25) is 0 Å². The third-order valence-corrected chi connectivity index (χ3v) is 13.8. The summed E-state index contributed by atoms with van der Waals surface area (Å²) in [6, 6.07) is 58.0. The van der Waals surface area contributed by atoms with Gasteiger partial charge in [-0.1, -0.05) is 144 Å². The zero-order valence-corrected chi connectivity index (χ0v) is 34.3. The van der Waals surface area contributed by atoms with Crippen molar-refractivity contribution in [1.82, 2.24) is 0 Å². The second-order valence-electron chi connectivity index (χ2n) is 18.4. The molecule has 2 aromatic heterocycles. The third kappa shape index (κ3) is 4.31. The first-order chi connectivity index (χ1) is 29.2. The van der Waals surface area contributed by atoms with Crippen LogP contribution in [-0.4, -0.2) is 6.85 Å². The van der Waals surface area contributed by atoms with Crippen LogP contribution in [0.1, 0.15) is 51.3 Å². The SMILES string of the molecule is CC(C)(C)c1ccc(N2c3cc4oc5ccccc5c4c4c3B(c3c2ccc2c3oc3ccccc32)N2c3ccccc3C(C)(C)c3cccc-4c32)c(-c2ccccc2)c1. The molecule has 5 heteroatoms. The molecule has 0 radical (unpaired) electrons. The van der Waals surface area contributed by atoms with Crippen molar-refractivity contribution < 1.29 is 8.83 Å². The molecule has 0 saturated carbocycles. The van der Waals surface area contributed by atoms with Gasteiger partial charge in [-0.25, -0.2) is 0 Å². The van der Waals surface area contributed by atoms with Crippen LogP contribution in [0.25, 0.3) is 66.1 Å². The molecule has 3 aliphatic rings. The van der Waals surface area contributed by atoms with Crippen molar-refractivity contribution in [3.05, 3.63) is 174 Å². The van der Waals surface area contributed by atoms with Gasteiger partial charge in [-0.2, -0.15) is 0 Å². The summed E-state index contributed by atoms with van der Waals surface area (Å²) in [5, 5.41) is 4.54. The smallest absolute Gasteiger partial charge is 0.337 e. The van der Waals surface area contributed by atoms with E-state index in [0.29, 0.717) is 0 Å². The van der Waals surface area contributed by atoms with Gasteiger partial charge in [-0.3, -0.25) is 0 Å². The third-order valence-electron chi connectivity index (χ3n) is 13.8. The van der Waals surface area contributed by atoms with Gasteiger partial charge in [0.05, 0.1) is 5.69 Å². The first kappa shape index (κ1) is 33.9. The van der Waals surface area contributed by atoms with E-state index in [1.165, 1.54) is 61.2 Å². The van der Waals surface area contributed by atoms with E-state index in [0.717, 1.165) is 60.9 Å². The molecule has 0 saturated heterocycles. The molecular formula is C55H41BN2O2. The summed E-state index contributed by atoms with van der Waals surface area (Å²) in [4.78, 5) is 5.18. The molecule has 0 atom stereocenters. The van der Waals surface area contributed by atoms with Crippen LogP contribution in [0.2, 0.25) is 0 Å². The summed E-state index contributed by atoms with van der Waals surface area (Å²) in [6.07, 6.45) is 0. The number of nitrogens with zero attached hydrogens (tertiary/aromatic N) is 2. The van der Waals surface area contributed by atoms with Crippen LogP contribution in [0, 0.1) is 0 Å². The molecule has 13 rings (SSSR count). The zero-order chi connectivity index (χ0) is 40.2. The lowest BCUT2D eigenvalue weighted by Gasteiger charge is -2.51. The summed E-state index contributed by atoms with van der Waals surface area (Å²) < 4.78 is 14.1. The minimum atomic E-state index is -0.237.